The summed E-state index contributed by atoms with van der Waals surface area (Å²) in [4.78, 5) is 15.5. The Morgan fingerprint density at radius 2 is 1.70 bits per heavy atom. The van der Waals surface area contributed by atoms with Gasteiger partial charge in [-0.1, -0.05) is 62.1 Å². The molecule has 0 unspecified atom stereocenters. The fourth-order valence-corrected chi connectivity index (χ4v) is 3.06. The zero-order valence-corrected chi connectivity index (χ0v) is 17.0. The van der Waals surface area contributed by atoms with Crippen molar-refractivity contribution >= 4 is 29.2 Å². The lowest BCUT2D eigenvalue weighted by atomic mass is 10.1. The Labute approximate surface area is 169 Å². The predicted molar refractivity (Wildman–Crippen MR) is 117 cm³/mol. The van der Waals surface area contributed by atoms with Gasteiger partial charge < -0.3 is 5.73 Å². The van der Waals surface area contributed by atoms with Crippen molar-refractivity contribution in [3.63, 3.8) is 0 Å². The van der Waals surface area contributed by atoms with E-state index in [1.54, 1.807) is 0 Å². The molecule has 2 rings (SSSR count). The maximum atomic E-state index is 10.7. The van der Waals surface area contributed by atoms with Crippen molar-refractivity contribution in [2.45, 2.75) is 58.3 Å². The van der Waals surface area contributed by atoms with Crippen LogP contribution in [0.2, 0.25) is 0 Å². The molecule has 0 saturated heterocycles. The van der Waals surface area contributed by atoms with Crippen LogP contribution in [0.5, 0.6) is 0 Å². The van der Waals surface area contributed by atoms with Gasteiger partial charge in [0.05, 0.1) is 5.52 Å². The summed E-state index contributed by atoms with van der Waals surface area (Å²) in [5.74, 6) is -0.383. The lowest BCUT2D eigenvalue weighted by Gasteiger charge is -2.03. The molecule has 1 amide bonds. The van der Waals surface area contributed by atoms with E-state index in [-0.39, 0.29) is 18.3 Å². The standard InChI is InChI=1S/C23H30N2O.ClH/c1-19(18-23(24)26)12-8-6-4-2-3-5-7-9-14-21-17-16-20-13-10-11-15-22(20)25-21;/h8,10-13,15-18H,2-7,9,14H2,1H3,(H2,24,26);1H. The van der Waals surface area contributed by atoms with Crippen molar-refractivity contribution in [2.24, 2.45) is 5.73 Å². The molecule has 27 heavy (non-hydrogen) atoms. The van der Waals surface area contributed by atoms with Crippen molar-refractivity contribution < 1.29 is 4.79 Å². The van der Waals surface area contributed by atoms with E-state index in [1.165, 1.54) is 55.7 Å². The number of allylic oxidation sites excluding steroid dienone is 3. The number of pyridine rings is 1. The molecule has 0 aliphatic heterocycles. The van der Waals surface area contributed by atoms with Crippen molar-refractivity contribution in [1.82, 2.24) is 4.98 Å². The average molecular weight is 387 g/mol. The summed E-state index contributed by atoms with van der Waals surface area (Å²) in [6.45, 7) is 1.89. The van der Waals surface area contributed by atoms with Gasteiger partial charge in [-0.15, -0.1) is 12.4 Å². The maximum Gasteiger partial charge on any atom is 0.241 e. The first kappa shape index (κ1) is 22.9. The smallest absolute Gasteiger partial charge is 0.241 e. The Balaban J connectivity index is 0.00000364. The summed E-state index contributed by atoms with van der Waals surface area (Å²) < 4.78 is 0. The fraction of sp³-hybridized carbons (Fsp3) is 0.391. The maximum absolute atomic E-state index is 10.7. The van der Waals surface area contributed by atoms with Crippen molar-refractivity contribution in [3.8, 4) is 0 Å². The number of carbonyl (C=O) groups excluding carboxylic acids is 1. The van der Waals surface area contributed by atoms with Crippen LogP contribution in [-0.4, -0.2) is 10.9 Å². The normalized spacial score (nSPS) is 11.7. The van der Waals surface area contributed by atoms with Crippen LogP contribution in [0.25, 0.3) is 10.9 Å². The Hall–Kier alpha value is -2.13. The summed E-state index contributed by atoms with van der Waals surface area (Å²) >= 11 is 0. The highest BCUT2D eigenvalue weighted by atomic mass is 35.5. The molecular formula is C23H31ClN2O. The van der Waals surface area contributed by atoms with Gasteiger partial charge in [-0.3, -0.25) is 9.78 Å². The quantitative estimate of drug-likeness (QED) is 0.296. The zero-order chi connectivity index (χ0) is 18.6. The molecule has 0 bridgehead atoms. The summed E-state index contributed by atoms with van der Waals surface area (Å²) in [5, 5.41) is 1.21. The van der Waals surface area contributed by atoms with E-state index >= 15 is 0 Å². The van der Waals surface area contributed by atoms with Gasteiger partial charge in [-0.2, -0.15) is 0 Å². The van der Waals surface area contributed by atoms with Gasteiger partial charge in [0, 0.05) is 17.2 Å². The lowest BCUT2D eigenvalue weighted by Crippen LogP contribution is -2.06. The topological polar surface area (TPSA) is 56.0 Å². The van der Waals surface area contributed by atoms with Crippen molar-refractivity contribution in [2.75, 3.05) is 0 Å². The van der Waals surface area contributed by atoms with E-state index in [1.807, 2.05) is 19.1 Å². The molecule has 0 fully saturated rings. The van der Waals surface area contributed by atoms with Crippen molar-refractivity contribution in [1.29, 1.82) is 0 Å². The molecule has 0 radical (unpaired) electrons. The molecule has 0 spiro atoms. The Bertz CT molecular complexity index is 768. The third-order valence-corrected chi connectivity index (χ3v) is 4.46. The van der Waals surface area contributed by atoms with Crippen LogP contribution in [0.4, 0.5) is 0 Å². The third-order valence-electron chi connectivity index (χ3n) is 4.46. The number of para-hydroxylation sites is 1. The molecule has 1 aromatic carbocycles. The first-order valence-electron chi connectivity index (χ1n) is 9.64. The highest BCUT2D eigenvalue weighted by molar-refractivity contribution is 5.86. The number of nitrogens with two attached hydrogens (primary N) is 1. The van der Waals surface area contributed by atoms with Crippen LogP contribution in [0.1, 0.15) is 57.6 Å². The van der Waals surface area contributed by atoms with E-state index in [0.717, 1.165) is 23.9 Å². The number of aryl methyl sites for hydroxylation is 1. The van der Waals surface area contributed by atoms with Gasteiger partial charge >= 0.3 is 0 Å². The number of halogens is 1. The number of carbonyl (C=O) groups is 1. The van der Waals surface area contributed by atoms with Gasteiger partial charge in [0.25, 0.3) is 0 Å². The van der Waals surface area contributed by atoms with Crippen LogP contribution < -0.4 is 5.73 Å². The Morgan fingerprint density at radius 3 is 2.48 bits per heavy atom. The molecule has 3 nitrogen and oxygen atoms in total. The molecule has 146 valence electrons. The number of hydrogen-bond acceptors (Lipinski definition) is 2. The minimum Gasteiger partial charge on any atom is -0.366 e. The molecule has 2 N–H and O–H groups in total. The van der Waals surface area contributed by atoms with E-state index in [2.05, 4.69) is 36.4 Å². The fourth-order valence-electron chi connectivity index (χ4n) is 3.06. The number of benzene rings is 1. The van der Waals surface area contributed by atoms with Crippen LogP contribution in [-0.2, 0) is 11.2 Å². The highest BCUT2D eigenvalue weighted by Gasteiger charge is 1.98. The molecule has 0 aliphatic rings. The summed E-state index contributed by atoms with van der Waals surface area (Å²) in [5.41, 5.74) is 8.33. The van der Waals surface area contributed by atoms with Gasteiger partial charge in [0.1, 0.15) is 0 Å². The van der Waals surface area contributed by atoms with Crippen LogP contribution in [0, 0.1) is 0 Å². The molecule has 4 heteroatoms. The number of fused-ring (bicyclic) bond motifs is 1. The first-order valence-corrected chi connectivity index (χ1v) is 9.64. The van der Waals surface area contributed by atoms with Gasteiger partial charge in [0.2, 0.25) is 5.91 Å². The second-order valence-corrected chi connectivity index (χ2v) is 6.85. The largest absolute Gasteiger partial charge is 0.366 e. The molecule has 0 aliphatic carbocycles. The number of hydrogen-bond donors (Lipinski definition) is 1. The first-order chi connectivity index (χ1) is 12.6. The van der Waals surface area contributed by atoms with Crippen LogP contribution in [0.3, 0.4) is 0 Å². The van der Waals surface area contributed by atoms with E-state index in [4.69, 9.17) is 10.7 Å². The van der Waals surface area contributed by atoms with Gasteiger partial charge in [0.15, 0.2) is 0 Å². The number of nitrogens with zero attached hydrogens (tertiary/aromatic N) is 1. The lowest BCUT2D eigenvalue weighted by molar-refractivity contribution is -0.113. The van der Waals surface area contributed by atoms with E-state index in [9.17, 15) is 4.79 Å². The predicted octanol–water partition coefficient (Wildman–Crippen LogP) is 5.92. The number of unbranched alkanes of at least 4 members (excludes halogenated alkanes) is 6. The van der Waals surface area contributed by atoms with Gasteiger partial charge in [-0.25, -0.2) is 0 Å². The summed E-state index contributed by atoms with van der Waals surface area (Å²) in [6.07, 6.45) is 15.2. The molecule has 0 atom stereocenters. The molecular weight excluding hydrogens is 356 g/mol. The number of rotatable bonds is 11. The zero-order valence-electron chi connectivity index (χ0n) is 16.2. The van der Waals surface area contributed by atoms with Crippen molar-refractivity contribution in [3.05, 3.63) is 65.9 Å². The number of primary amides is 1. The monoisotopic (exact) mass is 386 g/mol. The summed E-state index contributed by atoms with van der Waals surface area (Å²) in [7, 11) is 0. The molecule has 1 aromatic heterocycles. The molecule has 0 saturated carbocycles. The summed E-state index contributed by atoms with van der Waals surface area (Å²) in [6, 6.07) is 12.6. The van der Waals surface area contributed by atoms with Gasteiger partial charge in [-0.05, 0) is 50.3 Å². The Morgan fingerprint density at radius 1 is 1.00 bits per heavy atom. The second-order valence-electron chi connectivity index (χ2n) is 6.85. The molecule has 1 heterocycles. The van der Waals surface area contributed by atoms with Crippen LogP contribution >= 0.6 is 12.4 Å². The Kier molecular flexibility index (Phi) is 11.1. The molecule has 2 aromatic rings. The second kappa shape index (κ2) is 13.1. The SMILES string of the molecule is CC(C=CCCCCCCCCc1ccc2ccccc2n1)=CC(N)=O.Cl. The number of aromatic nitrogens is 1. The van der Waals surface area contributed by atoms with Crippen LogP contribution in [0.15, 0.2) is 60.2 Å². The van der Waals surface area contributed by atoms with E-state index < -0.39 is 0 Å². The van der Waals surface area contributed by atoms with E-state index in [0.29, 0.717) is 0 Å². The highest BCUT2D eigenvalue weighted by Crippen LogP contribution is 2.14. The third kappa shape index (κ3) is 9.39. The minimum absolute atomic E-state index is 0. The number of amides is 1. The average Bonchev–Trinajstić information content (AvgIpc) is 2.62. The minimum atomic E-state index is -0.383.